The second kappa shape index (κ2) is 26.9. The first-order valence-corrected chi connectivity index (χ1v) is 15.0. The lowest BCUT2D eigenvalue weighted by molar-refractivity contribution is 0.251. The lowest BCUT2D eigenvalue weighted by Crippen LogP contribution is -2.27. The summed E-state index contributed by atoms with van der Waals surface area (Å²) in [5.41, 5.74) is 0. The average Bonchev–Trinajstić information content (AvgIpc) is 2.78. The molecule has 0 aromatic heterocycles. The molecule has 0 heterocycles. The zero-order valence-corrected chi connectivity index (χ0v) is 23.1. The fraction of sp³-hybridized carbons (Fsp3) is 0.935. The zero-order valence-electron chi connectivity index (χ0n) is 23.1. The van der Waals surface area contributed by atoms with Gasteiger partial charge in [-0.3, -0.25) is 0 Å². The van der Waals surface area contributed by atoms with E-state index in [-0.39, 0.29) is 0 Å². The first-order chi connectivity index (χ1) is 15.7. The van der Waals surface area contributed by atoms with Gasteiger partial charge in [0.05, 0.1) is 0 Å². The van der Waals surface area contributed by atoms with Gasteiger partial charge in [-0.1, -0.05) is 142 Å². The van der Waals surface area contributed by atoms with E-state index in [1.165, 1.54) is 154 Å². The van der Waals surface area contributed by atoms with Gasteiger partial charge < -0.3 is 4.90 Å². The first-order valence-electron chi connectivity index (χ1n) is 15.0. The lowest BCUT2D eigenvalue weighted by Gasteiger charge is -2.24. The van der Waals surface area contributed by atoms with Crippen LogP contribution in [0.25, 0.3) is 0 Å². The molecule has 1 atom stereocenters. The van der Waals surface area contributed by atoms with E-state index >= 15 is 0 Å². The normalized spacial score (nSPS) is 12.9. The van der Waals surface area contributed by atoms with Crippen LogP contribution in [0.4, 0.5) is 0 Å². The van der Waals surface area contributed by atoms with Gasteiger partial charge in [-0.15, -0.1) is 0 Å². The number of allylic oxidation sites excluding steroid dienone is 2. The SMILES string of the molecule is CCCCCCCCCCC/C=C\CCCCCC[C@@H](CCCCCCCCC)N(C)C. The summed E-state index contributed by atoms with van der Waals surface area (Å²) in [6.07, 6.45) is 38.9. The van der Waals surface area contributed by atoms with Crippen molar-refractivity contribution in [3.05, 3.63) is 12.2 Å². The van der Waals surface area contributed by atoms with E-state index in [9.17, 15) is 0 Å². The average molecular weight is 450 g/mol. The molecule has 0 aromatic carbocycles. The van der Waals surface area contributed by atoms with Crippen molar-refractivity contribution >= 4 is 0 Å². The highest BCUT2D eigenvalue weighted by molar-refractivity contribution is 4.81. The maximum Gasteiger partial charge on any atom is 0.00891 e. The molecular weight excluding hydrogens is 386 g/mol. The molecule has 0 aliphatic carbocycles. The maximum absolute atomic E-state index is 2.48. The van der Waals surface area contributed by atoms with Crippen LogP contribution in [0.2, 0.25) is 0 Å². The molecule has 0 aliphatic rings. The van der Waals surface area contributed by atoms with Crippen LogP contribution in [0.1, 0.15) is 168 Å². The molecule has 1 heteroatoms. The van der Waals surface area contributed by atoms with Gasteiger partial charge in [0.15, 0.2) is 0 Å². The van der Waals surface area contributed by atoms with Gasteiger partial charge in [0, 0.05) is 6.04 Å². The highest BCUT2D eigenvalue weighted by Crippen LogP contribution is 2.17. The third-order valence-electron chi connectivity index (χ3n) is 7.17. The van der Waals surface area contributed by atoms with Crippen molar-refractivity contribution in [2.45, 2.75) is 174 Å². The Balaban J connectivity index is 3.42. The minimum atomic E-state index is 0.807. The second-order valence-corrected chi connectivity index (χ2v) is 10.6. The van der Waals surface area contributed by atoms with Crippen molar-refractivity contribution in [1.29, 1.82) is 0 Å². The Morgan fingerprint density at radius 3 is 1.09 bits per heavy atom. The van der Waals surface area contributed by atoms with Gasteiger partial charge in [0.2, 0.25) is 0 Å². The fourth-order valence-electron chi connectivity index (χ4n) is 4.80. The van der Waals surface area contributed by atoms with Crippen molar-refractivity contribution in [2.75, 3.05) is 14.1 Å². The van der Waals surface area contributed by atoms with Gasteiger partial charge in [0.1, 0.15) is 0 Å². The van der Waals surface area contributed by atoms with Crippen molar-refractivity contribution < 1.29 is 0 Å². The van der Waals surface area contributed by atoms with Crippen LogP contribution in [-0.2, 0) is 0 Å². The molecule has 32 heavy (non-hydrogen) atoms. The predicted molar refractivity (Wildman–Crippen MR) is 149 cm³/mol. The maximum atomic E-state index is 2.48. The highest BCUT2D eigenvalue weighted by atomic mass is 15.1. The molecule has 0 N–H and O–H groups in total. The molecule has 0 saturated carbocycles. The molecule has 0 saturated heterocycles. The van der Waals surface area contributed by atoms with Crippen LogP contribution in [0, 0.1) is 0 Å². The standard InChI is InChI=1S/C31H63N/c1-5-7-9-11-13-14-15-16-17-18-19-20-21-22-24-26-28-30-31(32(3)4)29-27-25-23-12-10-8-6-2/h19-20,31H,5-18,21-30H2,1-4H3/b20-19-/t31-/m1/s1. The molecule has 192 valence electrons. The number of hydrogen-bond acceptors (Lipinski definition) is 1. The van der Waals surface area contributed by atoms with E-state index in [1.54, 1.807) is 0 Å². The van der Waals surface area contributed by atoms with E-state index in [1.807, 2.05) is 0 Å². The Morgan fingerprint density at radius 2 is 0.750 bits per heavy atom. The second-order valence-electron chi connectivity index (χ2n) is 10.6. The molecular formula is C31H63N. The van der Waals surface area contributed by atoms with Crippen LogP contribution in [0.15, 0.2) is 12.2 Å². The summed E-state index contributed by atoms with van der Waals surface area (Å²) in [5, 5.41) is 0. The van der Waals surface area contributed by atoms with E-state index in [4.69, 9.17) is 0 Å². The quantitative estimate of drug-likeness (QED) is 0.0937. The summed E-state index contributed by atoms with van der Waals surface area (Å²) in [4.78, 5) is 2.48. The summed E-state index contributed by atoms with van der Waals surface area (Å²) < 4.78 is 0. The van der Waals surface area contributed by atoms with Gasteiger partial charge >= 0.3 is 0 Å². The highest BCUT2D eigenvalue weighted by Gasteiger charge is 2.10. The number of unbranched alkanes of at least 4 members (excludes halogenated alkanes) is 19. The molecule has 0 bridgehead atoms. The Kier molecular flexibility index (Phi) is 26.7. The Hall–Kier alpha value is -0.300. The van der Waals surface area contributed by atoms with Crippen LogP contribution >= 0.6 is 0 Å². The smallest absolute Gasteiger partial charge is 0.00891 e. The van der Waals surface area contributed by atoms with E-state index in [2.05, 4.69) is 45.0 Å². The Bertz CT molecular complexity index is 359. The summed E-state index contributed by atoms with van der Waals surface area (Å²) in [6, 6.07) is 0.807. The predicted octanol–water partition coefficient (Wildman–Crippen LogP) is 10.9. The zero-order chi connectivity index (χ0) is 23.5. The molecule has 0 spiro atoms. The van der Waals surface area contributed by atoms with E-state index in [0.717, 1.165) is 6.04 Å². The van der Waals surface area contributed by atoms with Crippen molar-refractivity contribution in [1.82, 2.24) is 4.90 Å². The van der Waals surface area contributed by atoms with Gasteiger partial charge in [0.25, 0.3) is 0 Å². The topological polar surface area (TPSA) is 3.24 Å². The van der Waals surface area contributed by atoms with Gasteiger partial charge in [-0.25, -0.2) is 0 Å². The largest absolute Gasteiger partial charge is 0.306 e. The molecule has 1 nitrogen and oxygen atoms in total. The number of rotatable bonds is 26. The van der Waals surface area contributed by atoms with E-state index in [0.29, 0.717) is 0 Å². The van der Waals surface area contributed by atoms with Crippen LogP contribution in [0.5, 0.6) is 0 Å². The van der Waals surface area contributed by atoms with Crippen molar-refractivity contribution in [3.8, 4) is 0 Å². The van der Waals surface area contributed by atoms with Crippen LogP contribution < -0.4 is 0 Å². The molecule has 0 rings (SSSR count). The molecule has 0 amide bonds. The van der Waals surface area contributed by atoms with Gasteiger partial charge in [-0.2, -0.15) is 0 Å². The third-order valence-corrected chi connectivity index (χ3v) is 7.17. The van der Waals surface area contributed by atoms with Crippen LogP contribution in [0.3, 0.4) is 0 Å². The molecule has 0 unspecified atom stereocenters. The molecule has 0 radical (unpaired) electrons. The Labute approximate surface area is 205 Å². The monoisotopic (exact) mass is 449 g/mol. The van der Waals surface area contributed by atoms with Crippen molar-refractivity contribution in [3.63, 3.8) is 0 Å². The minimum absolute atomic E-state index is 0.807. The fourth-order valence-corrected chi connectivity index (χ4v) is 4.80. The summed E-state index contributed by atoms with van der Waals surface area (Å²) in [5.74, 6) is 0. The summed E-state index contributed by atoms with van der Waals surface area (Å²) in [6.45, 7) is 4.60. The van der Waals surface area contributed by atoms with Crippen LogP contribution in [-0.4, -0.2) is 25.0 Å². The van der Waals surface area contributed by atoms with Gasteiger partial charge in [-0.05, 0) is 52.6 Å². The summed E-state index contributed by atoms with van der Waals surface area (Å²) in [7, 11) is 4.56. The third kappa shape index (κ3) is 24.3. The Morgan fingerprint density at radius 1 is 0.438 bits per heavy atom. The first kappa shape index (κ1) is 31.7. The van der Waals surface area contributed by atoms with E-state index < -0.39 is 0 Å². The molecule has 0 fully saturated rings. The molecule has 0 aromatic rings. The number of nitrogens with zero attached hydrogens (tertiary/aromatic N) is 1. The molecule has 0 aliphatic heterocycles. The minimum Gasteiger partial charge on any atom is -0.306 e. The lowest BCUT2D eigenvalue weighted by atomic mass is 9.99. The number of hydrogen-bond donors (Lipinski definition) is 0. The van der Waals surface area contributed by atoms with Crippen molar-refractivity contribution in [2.24, 2.45) is 0 Å². The summed E-state index contributed by atoms with van der Waals surface area (Å²) >= 11 is 0.